The number of rotatable bonds is 3. The van der Waals surface area contributed by atoms with Crippen molar-refractivity contribution in [2.24, 2.45) is 0 Å². The molecule has 3 aliphatic heterocycles. The summed E-state index contributed by atoms with van der Waals surface area (Å²) in [7, 11) is 0. The van der Waals surface area contributed by atoms with Crippen molar-refractivity contribution in [1.29, 1.82) is 0 Å². The number of pyridine rings is 3. The van der Waals surface area contributed by atoms with Crippen LogP contribution in [-0.4, -0.2) is 35.1 Å². The Kier molecular flexibility index (Phi) is 6.50. The summed E-state index contributed by atoms with van der Waals surface area (Å²) in [5, 5.41) is 0. The van der Waals surface area contributed by atoms with Crippen molar-refractivity contribution in [3.05, 3.63) is 124 Å². The van der Waals surface area contributed by atoms with Crippen LogP contribution in [-0.2, 0) is 0 Å². The molecule has 0 N–H and O–H groups in total. The molecule has 7 heteroatoms. The molecule has 0 spiro atoms. The number of anilines is 3. The lowest BCUT2D eigenvalue weighted by atomic mass is 9.26. The molecule has 4 nitrogen and oxygen atoms in total. The lowest BCUT2D eigenvalue weighted by Crippen LogP contribution is -2.72. The van der Waals surface area contributed by atoms with Crippen LogP contribution < -0.4 is 54.1 Å². The van der Waals surface area contributed by atoms with Gasteiger partial charge >= 0.3 is 0 Å². The maximum Gasteiger partial charge on any atom is 0.251 e. The third-order valence-electron chi connectivity index (χ3n) is 11.5. The predicted molar refractivity (Wildman–Crippen MR) is 210 cm³/mol. The van der Waals surface area contributed by atoms with Gasteiger partial charge in [0, 0.05) is 54.2 Å². The molecule has 0 aliphatic carbocycles. The van der Waals surface area contributed by atoms with Gasteiger partial charge in [-0.3, -0.25) is 15.0 Å². The van der Waals surface area contributed by atoms with E-state index in [2.05, 4.69) is 141 Å². The van der Waals surface area contributed by atoms with E-state index in [1.165, 1.54) is 116 Å². The fraction of sp³-hybridized carbons (Fsp3) is 0.214. The van der Waals surface area contributed by atoms with Crippen molar-refractivity contribution < 1.29 is 0 Å². The van der Waals surface area contributed by atoms with E-state index >= 15 is 0 Å². The monoisotopic (exact) mass is 632 g/mol. The van der Waals surface area contributed by atoms with E-state index in [0.717, 1.165) is 0 Å². The first-order valence-electron chi connectivity index (χ1n) is 17.5. The lowest BCUT2D eigenvalue weighted by Gasteiger charge is -2.48. The van der Waals surface area contributed by atoms with Crippen molar-refractivity contribution in [2.45, 2.75) is 62.3 Å². The van der Waals surface area contributed by atoms with Crippen molar-refractivity contribution in [3.8, 4) is 0 Å². The fourth-order valence-electron chi connectivity index (χ4n) is 10.2. The zero-order valence-electron chi connectivity index (χ0n) is 29.9. The highest BCUT2D eigenvalue weighted by atomic mass is 15.2. The van der Waals surface area contributed by atoms with Crippen LogP contribution in [0.15, 0.2) is 73.6 Å². The highest BCUT2D eigenvalue weighted by Gasteiger charge is 2.51. The van der Waals surface area contributed by atoms with Gasteiger partial charge in [0.1, 0.15) is 0 Å². The van der Waals surface area contributed by atoms with Crippen LogP contribution in [0, 0.1) is 62.3 Å². The van der Waals surface area contributed by atoms with E-state index in [0.29, 0.717) is 0 Å². The Balaban J connectivity index is 1.46. The number of nitrogens with zero attached hydrogens (tertiary/aromatic N) is 4. The van der Waals surface area contributed by atoms with Crippen molar-refractivity contribution in [2.75, 3.05) is 4.90 Å². The molecule has 0 radical (unpaired) electrons. The summed E-state index contributed by atoms with van der Waals surface area (Å²) < 4.78 is 0. The summed E-state index contributed by atoms with van der Waals surface area (Å²) in [6, 6.07) is 14.0. The number of benzene rings is 3. The Morgan fingerprint density at radius 1 is 0.347 bits per heavy atom. The first kappa shape index (κ1) is 30.2. The first-order valence-corrected chi connectivity index (χ1v) is 17.5. The van der Waals surface area contributed by atoms with Gasteiger partial charge in [-0.05, 0) is 95.1 Å². The van der Waals surface area contributed by atoms with Gasteiger partial charge in [0.05, 0.1) is 0 Å². The largest absolute Gasteiger partial charge is 0.313 e. The second-order valence-corrected chi connectivity index (χ2v) is 15.1. The number of aryl methyl sites for hydroxylation is 9. The van der Waals surface area contributed by atoms with Crippen LogP contribution >= 0.6 is 0 Å². The molecule has 0 atom stereocenters. The normalized spacial score (nSPS) is 13.7. The summed E-state index contributed by atoms with van der Waals surface area (Å²) in [5.74, 6) is 0. The van der Waals surface area contributed by atoms with Gasteiger partial charge in [-0.15, -0.1) is 0 Å². The second-order valence-electron chi connectivity index (χ2n) is 15.1. The molecule has 0 amide bonds. The fourth-order valence-corrected chi connectivity index (χ4v) is 10.2. The number of aromatic nitrogens is 3. The highest BCUT2D eigenvalue weighted by molar-refractivity contribution is 7.06. The Morgan fingerprint density at radius 2 is 0.551 bits per heavy atom. The summed E-state index contributed by atoms with van der Waals surface area (Å²) in [6.07, 6.45) is 12.8. The van der Waals surface area contributed by atoms with Crippen LogP contribution in [0.1, 0.15) is 50.1 Å². The zero-order valence-corrected chi connectivity index (χ0v) is 29.9. The van der Waals surface area contributed by atoms with Crippen LogP contribution in [0.25, 0.3) is 0 Å². The maximum absolute atomic E-state index is 5.05. The topological polar surface area (TPSA) is 41.9 Å². The van der Waals surface area contributed by atoms with Gasteiger partial charge in [0.2, 0.25) is 0 Å². The molecule has 49 heavy (non-hydrogen) atoms. The van der Waals surface area contributed by atoms with E-state index in [1.54, 1.807) is 0 Å². The molecular weight excluding hydrogens is 593 g/mol. The minimum atomic E-state index is 0.00779. The van der Waals surface area contributed by atoms with Crippen LogP contribution in [0.3, 0.4) is 0 Å². The van der Waals surface area contributed by atoms with E-state index in [9.17, 15) is 0 Å². The molecule has 0 bridgehead atoms. The Hall–Kier alpha value is -4.90. The van der Waals surface area contributed by atoms with Crippen LogP contribution in [0.4, 0.5) is 17.1 Å². The molecule has 3 aromatic carbocycles. The lowest BCUT2D eigenvalue weighted by molar-refractivity contribution is 1.23. The third kappa shape index (κ3) is 4.11. The zero-order chi connectivity index (χ0) is 34.0. The molecule has 0 unspecified atom stereocenters. The van der Waals surface area contributed by atoms with Gasteiger partial charge in [-0.25, -0.2) is 0 Å². The SMILES string of the molecule is Cc1cc(C)c(B2c3cncc4c3N3c5c2cncc5B(c2c(C)cc(C)cc2C)c2cncc(c23)B4c2c(C)cc(C)cc2C)c(C)c1. The molecule has 9 rings (SSSR count). The van der Waals surface area contributed by atoms with Gasteiger partial charge in [-0.1, -0.05) is 103 Å². The number of hydrogen-bond acceptors (Lipinski definition) is 4. The Labute approximate surface area is 291 Å². The maximum atomic E-state index is 5.05. The molecule has 236 valence electrons. The molecule has 6 heterocycles. The van der Waals surface area contributed by atoms with E-state index in [4.69, 9.17) is 15.0 Å². The average Bonchev–Trinajstić information content (AvgIpc) is 3.03. The second kappa shape index (κ2) is 10.6. The van der Waals surface area contributed by atoms with E-state index in [-0.39, 0.29) is 20.1 Å². The van der Waals surface area contributed by atoms with Gasteiger partial charge in [0.15, 0.2) is 0 Å². The van der Waals surface area contributed by atoms with Gasteiger partial charge < -0.3 is 4.90 Å². The minimum Gasteiger partial charge on any atom is -0.313 e. The average molecular weight is 632 g/mol. The molecule has 0 fully saturated rings. The summed E-state index contributed by atoms with van der Waals surface area (Å²) in [5.41, 5.74) is 27.2. The highest BCUT2D eigenvalue weighted by Crippen LogP contribution is 2.38. The Morgan fingerprint density at radius 3 is 0.755 bits per heavy atom. The summed E-state index contributed by atoms with van der Waals surface area (Å²) >= 11 is 0. The quantitative estimate of drug-likeness (QED) is 0.281. The van der Waals surface area contributed by atoms with Crippen molar-refractivity contribution in [1.82, 2.24) is 15.0 Å². The molecule has 0 saturated heterocycles. The van der Waals surface area contributed by atoms with Crippen LogP contribution in [0.5, 0.6) is 0 Å². The standard InChI is InChI=1S/C42H39B3N4/c1-22-10-25(4)37(26(5)11-22)43-31-16-46-18-33-40(31)49-41-32(43)17-47-19-34(41)45(39-29(8)14-24(3)15-30(39)9)36-21-48-20-35(42(36)49)44(33)38-27(6)12-23(2)13-28(38)7/h10-21H,1-9H3. The van der Waals surface area contributed by atoms with Gasteiger partial charge in [-0.2, -0.15) is 0 Å². The Bertz CT molecular complexity index is 2030. The molecule has 3 aliphatic rings. The van der Waals surface area contributed by atoms with Crippen molar-refractivity contribution >= 4 is 86.4 Å². The summed E-state index contributed by atoms with van der Waals surface area (Å²) in [6.45, 7) is 20.3. The first-order chi connectivity index (χ1) is 23.5. The molecule has 3 aromatic heterocycles. The third-order valence-corrected chi connectivity index (χ3v) is 11.5. The predicted octanol–water partition coefficient (Wildman–Crippen LogP) is 2.61. The molecule has 6 aromatic rings. The smallest absolute Gasteiger partial charge is 0.251 e. The van der Waals surface area contributed by atoms with Crippen molar-refractivity contribution in [3.63, 3.8) is 0 Å². The number of hydrogen-bond donors (Lipinski definition) is 0. The molecular formula is C42H39B3N4. The van der Waals surface area contributed by atoms with E-state index in [1.807, 2.05) is 0 Å². The molecule has 0 saturated carbocycles. The minimum absolute atomic E-state index is 0.00779. The summed E-state index contributed by atoms with van der Waals surface area (Å²) in [4.78, 5) is 17.7. The van der Waals surface area contributed by atoms with Crippen LogP contribution in [0.2, 0.25) is 0 Å². The van der Waals surface area contributed by atoms with E-state index < -0.39 is 0 Å². The van der Waals surface area contributed by atoms with Gasteiger partial charge in [0.25, 0.3) is 20.1 Å².